The van der Waals surface area contributed by atoms with Crippen molar-refractivity contribution in [3.63, 3.8) is 0 Å². The van der Waals surface area contributed by atoms with Crippen LogP contribution in [0, 0.1) is 0 Å². The van der Waals surface area contributed by atoms with Crippen molar-refractivity contribution in [2.75, 3.05) is 7.11 Å². The Balaban J connectivity index is 2.39. The van der Waals surface area contributed by atoms with Crippen LogP contribution in [0.1, 0.15) is 30.4 Å². The van der Waals surface area contributed by atoms with E-state index in [2.05, 4.69) is 5.32 Å². The van der Waals surface area contributed by atoms with Gasteiger partial charge in [0, 0.05) is 26.5 Å². The number of carbonyl (C=O) groups is 2. The fraction of sp³-hybridized carbons (Fsp3) is 0.429. The molecule has 1 rings (SSSR count). The third kappa shape index (κ3) is 6.01. The molecule has 5 nitrogen and oxygen atoms in total. The SMILES string of the molecule is COCc1ccccc1CNC(=O)CCCC(=O)O. The first-order chi connectivity index (χ1) is 9.13. The molecule has 0 aliphatic heterocycles. The van der Waals surface area contributed by atoms with Gasteiger partial charge in [-0.3, -0.25) is 9.59 Å². The minimum atomic E-state index is -0.877. The highest BCUT2D eigenvalue weighted by Crippen LogP contribution is 2.09. The predicted octanol–water partition coefficient (Wildman–Crippen LogP) is 1.70. The van der Waals surface area contributed by atoms with Crippen LogP contribution in [0.25, 0.3) is 0 Å². The smallest absolute Gasteiger partial charge is 0.303 e. The first-order valence-electron chi connectivity index (χ1n) is 6.17. The molecule has 0 aromatic heterocycles. The van der Waals surface area contributed by atoms with E-state index in [1.54, 1.807) is 7.11 Å². The number of aliphatic carboxylic acids is 1. The van der Waals surface area contributed by atoms with E-state index in [4.69, 9.17) is 9.84 Å². The number of carbonyl (C=O) groups excluding carboxylic acids is 1. The molecule has 0 bridgehead atoms. The second-order valence-electron chi connectivity index (χ2n) is 4.23. The van der Waals surface area contributed by atoms with Crippen molar-refractivity contribution in [3.05, 3.63) is 35.4 Å². The van der Waals surface area contributed by atoms with Gasteiger partial charge in [0.25, 0.3) is 0 Å². The van der Waals surface area contributed by atoms with Crippen LogP contribution in [0.4, 0.5) is 0 Å². The van der Waals surface area contributed by atoms with Gasteiger partial charge in [0.1, 0.15) is 0 Å². The largest absolute Gasteiger partial charge is 0.481 e. The fourth-order valence-electron chi connectivity index (χ4n) is 1.71. The van der Waals surface area contributed by atoms with E-state index < -0.39 is 5.97 Å². The van der Waals surface area contributed by atoms with E-state index in [0.29, 0.717) is 19.6 Å². The molecule has 0 heterocycles. The van der Waals surface area contributed by atoms with Crippen LogP contribution in [0.3, 0.4) is 0 Å². The molecule has 0 radical (unpaired) electrons. The van der Waals surface area contributed by atoms with Gasteiger partial charge in [0.15, 0.2) is 0 Å². The fourth-order valence-corrected chi connectivity index (χ4v) is 1.71. The standard InChI is InChI=1S/C14H19NO4/c1-19-10-12-6-3-2-5-11(12)9-15-13(16)7-4-8-14(17)18/h2-3,5-6H,4,7-10H2,1H3,(H,15,16)(H,17,18). The molecule has 0 unspecified atom stereocenters. The maximum Gasteiger partial charge on any atom is 0.303 e. The number of benzene rings is 1. The maximum absolute atomic E-state index is 11.5. The lowest BCUT2D eigenvalue weighted by Crippen LogP contribution is -2.23. The van der Waals surface area contributed by atoms with Crippen LogP contribution < -0.4 is 5.32 Å². The molecule has 0 atom stereocenters. The lowest BCUT2D eigenvalue weighted by Gasteiger charge is -2.09. The third-order valence-corrected chi connectivity index (χ3v) is 2.69. The number of nitrogens with one attached hydrogen (secondary N) is 1. The molecule has 1 aromatic carbocycles. The molecule has 0 saturated heterocycles. The summed E-state index contributed by atoms with van der Waals surface area (Å²) in [5.41, 5.74) is 2.05. The quantitative estimate of drug-likeness (QED) is 0.750. The maximum atomic E-state index is 11.5. The molecule has 0 spiro atoms. The number of ether oxygens (including phenoxy) is 1. The Morgan fingerprint density at radius 1 is 1.21 bits per heavy atom. The molecule has 0 saturated carbocycles. The summed E-state index contributed by atoms with van der Waals surface area (Å²) in [5, 5.41) is 11.3. The lowest BCUT2D eigenvalue weighted by molar-refractivity contribution is -0.137. The summed E-state index contributed by atoms with van der Waals surface area (Å²) in [6.45, 7) is 0.941. The lowest BCUT2D eigenvalue weighted by atomic mass is 10.1. The number of amides is 1. The van der Waals surface area contributed by atoms with Crippen molar-refractivity contribution in [1.82, 2.24) is 5.32 Å². The molecule has 2 N–H and O–H groups in total. The Labute approximate surface area is 112 Å². The van der Waals surface area contributed by atoms with Crippen LogP contribution in [0.2, 0.25) is 0 Å². The summed E-state index contributed by atoms with van der Waals surface area (Å²) >= 11 is 0. The van der Waals surface area contributed by atoms with E-state index in [-0.39, 0.29) is 18.7 Å². The van der Waals surface area contributed by atoms with Crippen molar-refractivity contribution in [1.29, 1.82) is 0 Å². The zero-order valence-corrected chi connectivity index (χ0v) is 11.0. The first kappa shape index (κ1) is 15.2. The van der Waals surface area contributed by atoms with Crippen LogP contribution in [0.5, 0.6) is 0 Å². The van der Waals surface area contributed by atoms with Gasteiger partial charge in [-0.1, -0.05) is 24.3 Å². The second kappa shape index (κ2) is 8.26. The summed E-state index contributed by atoms with van der Waals surface area (Å²) in [6.07, 6.45) is 0.618. The first-order valence-corrected chi connectivity index (χ1v) is 6.17. The number of hydrogen-bond donors (Lipinski definition) is 2. The number of carboxylic acids is 1. The Bertz CT molecular complexity index is 431. The summed E-state index contributed by atoms with van der Waals surface area (Å²) in [7, 11) is 1.63. The second-order valence-corrected chi connectivity index (χ2v) is 4.23. The number of rotatable bonds is 8. The molecule has 0 aliphatic carbocycles. The summed E-state index contributed by atoms with van der Waals surface area (Å²) in [5.74, 6) is -1.01. The molecular weight excluding hydrogens is 246 g/mol. The Hall–Kier alpha value is -1.88. The number of methoxy groups -OCH3 is 1. The zero-order chi connectivity index (χ0) is 14.1. The third-order valence-electron chi connectivity index (χ3n) is 2.69. The van der Waals surface area contributed by atoms with Crippen molar-refractivity contribution < 1.29 is 19.4 Å². The van der Waals surface area contributed by atoms with Gasteiger partial charge in [-0.05, 0) is 17.5 Å². The molecule has 5 heteroatoms. The molecule has 0 aliphatic rings. The van der Waals surface area contributed by atoms with E-state index in [0.717, 1.165) is 11.1 Å². The highest BCUT2D eigenvalue weighted by Gasteiger charge is 2.06. The van der Waals surface area contributed by atoms with Gasteiger partial charge in [-0.15, -0.1) is 0 Å². The van der Waals surface area contributed by atoms with Crippen LogP contribution in [-0.2, 0) is 27.5 Å². The molecule has 1 amide bonds. The summed E-state index contributed by atoms with van der Waals surface area (Å²) in [4.78, 5) is 21.9. The Morgan fingerprint density at radius 2 is 1.89 bits per heavy atom. The minimum Gasteiger partial charge on any atom is -0.481 e. The Kier molecular flexibility index (Phi) is 6.60. The van der Waals surface area contributed by atoms with Gasteiger partial charge in [0.2, 0.25) is 5.91 Å². The van der Waals surface area contributed by atoms with Gasteiger partial charge in [0.05, 0.1) is 6.61 Å². The van der Waals surface area contributed by atoms with Gasteiger partial charge in [-0.2, -0.15) is 0 Å². The van der Waals surface area contributed by atoms with Crippen LogP contribution in [0.15, 0.2) is 24.3 Å². The topological polar surface area (TPSA) is 75.6 Å². The van der Waals surface area contributed by atoms with Crippen molar-refractivity contribution in [2.24, 2.45) is 0 Å². The predicted molar refractivity (Wildman–Crippen MR) is 70.5 cm³/mol. The number of carboxylic acid groups (broad SMARTS) is 1. The van der Waals surface area contributed by atoms with Crippen LogP contribution in [-0.4, -0.2) is 24.1 Å². The van der Waals surface area contributed by atoms with Gasteiger partial charge < -0.3 is 15.2 Å². The summed E-state index contributed by atoms with van der Waals surface area (Å²) < 4.78 is 5.09. The molecule has 104 valence electrons. The van der Waals surface area contributed by atoms with Crippen molar-refractivity contribution in [2.45, 2.75) is 32.4 Å². The van der Waals surface area contributed by atoms with E-state index in [1.165, 1.54) is 0 Å². The molecular formula is C14H19NO4. The van der Waals surface area contributed by atoms with Crippen molar-refractivity contribution in [3.8, 4) is 0 Å². The van der Waals surface area contributed by atoms with Crippen molar-refractivity contribution >= 4 is 11.9 Å². The zero-order valence-electron chi connectivity index (χ0n) is 11.0. The summed E-state index contributed by atoms with van der Waals surface area (Å²) in [6, 6.07) is 7.72. The minimum absolute atomic E-state index is 0.0215. The van der Waals surface area contributed by atoms with Crippen LogP contribution >= 0.6 is 0 Å². The van der Waals surface area contributed by atoms with Gasteiger partial charge >= 0.3 is 5.97 Å². The number of hydrogen-bond acceptors (Lipinski definition) is 3. The normalized spacial score (nSPS) is 10.2. The monoisotopic (exact) mass is 265 g/mol. The average Bonchev–Trinajstić information content (AvgIpc) is 2.37. The van der Waals surface area contributed by atoms with E-state index in [9.17, 15) is 9.59 Å². The van der Waals surface area contributed by atoms with E-state index in [1.807, 2.05) is 24.3 Å². The average molecular weight is 265 g/mol. The molecule has 1 aromatic rings. The van der Waals surface area contributed by atoms with Gasteiger partial charge in [-0.25, -0.2) is 0 Å². The highest BCUT2D eigenvalue weighted by atomic mass is 16.5. The molecule has 0 fully saturated rings. The van der Waals surface area contributed by atoms with E-state index >= 15 is 0 Å². The Morgan fingerprint density at radius 3 is 2.53 bits per heavy atom. The molecule has 19 heavy (non-hydrogen) atoms. The highest BCUT2D eigenvalue weighted by molar-refractivity contribution is 5.76.